The van der Waals surface area contributed by atoms with Crippen molar-refractivity contribution < 1.29 is 19.2 Å². The van der Waals surface area contributed by atoms with Crippen molar-refractivity contribution in [1.82, 2.24) is 0 Å². The van der Waals surface area contributed by atoms with Crippen molar-refractivity contribution in [2.75, 3.05) is 10.6 Å². The van der Waals surface area contributed by atoms with Crippen LogP contribution in [0.3, 0.4) is 0 Å². The zero-order valence-corrected chi connectivity index (χ0v) is 22.6. The molecule has 10 heteroatoms. The Morgan fingerprint density at radius 3 is 1.32 bits per heavy atom. The average molecular weight is 551 g/mol. The number of anilines is 2. The van der Waals surface area contributed by atoms with Crippen LogP contribution in [0.2, 0.25) is 0 Å². The van der Waals surface area contributed by atoms with Gasteiger partial charge in [0.2, 0.25) is 0 Å². The van der Waals surface area contributed by atoms with E-state index < -0.39 is 11.8 Å². The van der Waals surface area contributed by atoms with E-state index in [-0.39, 0.29) is 11.8 Å². The molecule has 0 atom stereocenters. The molecular weight excluding hydrogens is 520 g/mol. The van der Waals surface area contributed by atoms with Gasteiger partial charge in [0.05, 0.1) is 11.1 Å². The molecule has 8 nitrogen and oxygen atoms in total. The maximum absolute atomic E-state index is 13.0. The largest absolute Gasteiger partial charge is 0.365 e. The van der Waals surface area contributed by atoms with E-state index in [1.165, 1.54) is 22.7 Å². The number of nitrogens with one attached hydrogen (secondary N) is 2. The van der Waals surface area contributed by atoms with Crippen molar-refractivity contribution in [2.24, 2.45) is 11.5 Å². The highest BCUT2D eigenvalue weighted by Crippen LogP contribution is 2.38. The Balaban J connectivity index is 1.32. The third kappa shape index (κ3) is 5.23. The van der Waals surface area contributed by atoms with E-state index in [4.69, 9.17) is 11.5 Å². The summed E-state index contributed by atoms with van der Waals surface area (Å²) >= 11 is 2.84. The fourth-order valence-electron chi connectivity index (χ4n) is 5.31. The molecule has 0 fully saturated rings. The monoisotopic (exact) mass is 550 g/mol. The van der Waals surface area contributed by atoms with E-state index in [1.807, 2.05) is 0 Å². The maximum atomic E-state index is 13.0. The average Bonchev–Trinajstić information content (AvgIpc) is 3.18. The third-order valence-electron chi connectivity index (χ3n) is 7.20. The van der Waals surface area contributed by atoms with Gasteiger partial charge in [-0.2, -0.15) is 0 Å². The van der Waals surface area contributed by atoms with Crippen molar-refractivity contribution in [3.8, 4) is 0 Å². The summed E-state index contributed by atoms with van der Waals surface area (Å²) in [5, 5.41) is 6.67. The van der Waals surface area contributed by atoms with Crippen molar-refractivity contribution >= 4 is 56.3 Å². The van der Waals surface area contributed by atoms with Crippen molar-refractivity contribution in [3.05, 3.63) is 67.4 Å². The van der Waals surface area contributed by atoms with Crippen molar-refractivity contribution in [3.63, 3.8) is 0 Å². The lowest BCUT2D eigenvalue weighted by atomic mass is 10.0. The molecule has 0 bridgehead atoms. The normalized spacial score (nSPS) is 14.9. The van der Waals surface area contributed by atoms with E-state index in [9.17, 15) is 19.2 Å². The van der Waals surface area contributed by atoms with Crippen molar-refractivity contribution in [2.45, 2.75) is 64.2 Å². The molecule has 198 valence electrons. The van der Waals surface area contributed by atoms with Gasteiger partial charge in [-0.3, -0.25) is 19.2 Å². The van der Waals surface area contributed by atoms with Crippen LogP contribution in [-0.2, 0) is 25.7 Å². The smallest absolute Gasteiger partial charge is 0.256 e. The molecule has 6 N–H and O–H groups in total. The summed E-state index contributed by atoms with van der Waals surface area (Å²) < 4.78 is 0. The number of rotatable bonds is 6. The second-order valence-electron chi connectivity index (χ2n) is 9.75. The van der Waals surface area contributed by atoms with Crippen LogP contribution in [0.4, 0.5) is 10.0 Å². The maximum Gasteiger partial charge on any atom is 0.256 e. The second kappa shape index (κ2) is 11.1. The van der Waals surface area contributed by atoms with Crippen LogP contribution in [0.1, 0.15) is 101 Å². The van der Waals surface area contributed by atoms with E-state index in [0.29, 0.717) is 32.3 Å². The van der Waals surface area contributed by atoms with Gasteiger partial charge in [0.25, 0.3) is 23.6 Å². The lowest BCUT2D eigenvalue weighted by Crippen LogP contribution is -2.19. The lowest BCUT2D eigenvalue weighted by molar-refractivity contribution is 0.0989. The number of aryl methyl sites for hydroxylation is 2. The van der Waals surface area contributed by atoms with Gasteiger partial charge in [0.15, 0.2) is 0 Å². The number of benzene rings is 1. The predicted molar refractivity (Wildman–Crippen MR) is 151 cm³/mol. The summed E-state index contributed by atoms with van der Waals surface area (Å²) in [6, 6.07) is 6.24. The number of primary amides is 2. The minimum Gasteiger partial charge on any atom is -0.365 e. The van der Waals surface area contributed by atoms with Gasteiger partial charge < -0.3 is 22.1 Å². The Morgan fingerprint density at radius 1 is 0.579 bits per heavy atom. The van der Waals surface area contributed by atoms with Gasteiger partial charge in [-0.15, -0.1) is 22.7 Å². The highest BCUT2D eigenvalue weighted by Gasteiger charge is 2.26. The number of carbonyl (C=O) groups is 4. The quantitative estimate of drug-likeness (QED) is 0.318. The molecule has 38 heavy (non-hydrogen) atoms. The minimum absolute atomic E-state index is 0.348. The van der Waals surface area contributed by atoms with Crippen LogP contribution in [0.15, 0.2) is 24.3 Å². The fourth-order valence-corrected chi connectivity index (χ4v) is 7.89. The van der Waals surface area contributed by atoms with E-state index in [1.54, 1.807) is 24.3 Å². The van der Waals surface area contributed by atoms with Crippen LogP contribution in [0, 0.1) is 0 Å². The third-order valence-corrected chi connectivity index (χ3v) is 9.61. The van der Waals surface area contributed by atoms with Gasteiger partial charge in [-0.25, -0.2) is 0 Å². The number of thiophene rings is 2. The molecule has 0 radical (unpaired) electrons. The minimum atomic E-state index is -0.534. The van der Waals surface area contributed by atoms with Crippen LogP contribution < -0.4 is 22.1 Å². The highest BCUT2D eigenvalue weighted by atomic mass is 32.1. The molecule has 0 unspecified atom stereocenters. The van der Waals surface area contributed by atoms with Gasteiger partial charge in [0.1, 0.15) is 10.0 Å². The van der Waals surface area contributed by atoms with Crippen LogP contribution in [0.5, 0.6) is 0 Å². The lowest BCUT2D eigenvalue weighted by Gasteiger charge is -2.08. The molecule has 5 rings (SSSR count). The number of hydrogen-bond acceptors (Lipinski definition) is 6. The Hall–Kier alpha value is -3.50. The first-order valence-corrected chi connectivity index (χ1v) is 14.6. The second-order valence-corrected chi connectivity index (χ2v) is 12.0. The van der Waals surface area contributed by atoms with Crippen LogP contribution in [-0.4, -0.2) is 23.6 Å². The van der Waals surface area contributed by atoms with E-state index >= 15 is 0 Å². The number of amides is 4. The van der Waals surface area contributed by atoms with E-state index in [0.717, 1.165) is 85.1 Å². The first-order chi connectivity index (χ1) is 18.3. The number of nitrogens with two attached hydrogens (primary N) is 2. The predicted octanol–water partition coefficient (Wildman–Crippen LogP) is 5.05. The van der Waals surface area contributed by atoms with Gasteiger partial charge in [-0.05, 0) is 86.8 Å². The Morgan fingerprint density at radius 2 is 0.947 bits per heavy atom. The zero-order chi connectivity index (χ0) is 26.8. The SMILES string of the molecule is NC(=O)c1c(NC(=O)c2ccc(C(=O)Nc3sc4c(c3C(N)=O)CCCCC4)cc2)sc2c1CCCCC2. The Kier molecular flexibility index (Phi) is 7.62. The number of hydrogen-bond donors (Lipinski definition) is 4. The molecule has 2 aliphatic carbocycles. The highest BCUT2D eigenvalue weighted by molar-refractivity contribution is 7.17. The molecule has 0 saturated heterocycles. The summed E-state index contributed by atoms with van der Waals surface area (Å²) in [5.41, 5.74) is 14.8. The molecule has 0 aliphatic heterocycles. The summed E-state index contributed by atoms with van der Waals surface area (Å²) in [4.78, 5) is 52.6. The zero-order valence-electron chi connectivity index (χ0n) is 21.0. The van der Waals surface area contributed by atoms with Crippen molar-refractivity contribution in [1.29, 1.82) is 0 Å². The van der Waals surface area contributed by atoms with Gasteiger partial charge in [-0.1, -0.05) is 12.8 Å². The number of fused-ring (bicyclic) bond motifs is 2. The molecule has 0 spiro atoms. The molecule has 2 aliphatic rings. The Bertz CT molecular complexity index is 1310. The molecule has 3 aromatic rings. The summed E-state index contributed by atoms with van der Waals surface area (Å²) in [6.45, 7) is 0. The first kappa shape index (κ1) is 26.1. The molecule has 4 amide bonds. The van der Waals surface area contributed by atoms with Crippen LogP contribution >= 0.6 is 22.7 Å². The topological polar surface area (TPSA) is 144 Å². The molecule has 2 heterocycles. The summed E-state index contributed by atoms with van der Waals surface area (Å²) in [5.74, 6) is -1.83. The van der Waals surface area contributed by atoms with Gasteiger partial charge in [0, 0.05) is 20.9 Å². The molecular formula is C28H30N4O4S2. The summed E-state index contributed by atoms with van der Waals surface area (Å²) in [7, 11) is 0. The van der Waals surface area contributed by atoms with Gasteiger partial charge >= 0.3 is 0 Å². The molecule has 1 aromatic carbocycles. The summed E-state index contributed by atoms with van der Waals surface area (Å²) in [6.07, 6.45) is 9.65. The first-order valence-electron chi connectivity index (χ1n) is 12.9. The van der Waals surface area contributed by atoms with Crippen LogP contribution in [0.25, 0.3) is 0 Å². The fraction of sp³-hybridized carbons (Fsp3) is 0.357. The standard InChI is InChI=1S/C28H30N4O4S2/c29-23(33)21-17-7-3-1-5-9-19(17)37-27(21)31-25(35)15-11-13-16(14-12-15)26(36)32-28-22(24(30)34)18-8-4-2-6-10-20(18)38-28/h11-14H,1-10H2,(H2,29,33)(H2,30,34)(H,31,35)(H,32,36). The molecule has 0 saturated carbocycles. The molecule has 2 aromatic heterocycles. The number of carbonyl (C=O) groups excluding carboxylic acids is 4. The van der Waals surface area contributed by atoms with E-state index in [2.05, 4.69) is 10.6 Å². The Labute approximate surface area is 228 Å².